The number of aromatic nitrogens is 2. The maximum absolute atomic E-state index is 2.90. The first-order valence-corrected chi connectivity index (χ1v) is 23.0. The zero-order chi connectivity index (χ0) is 40.0. The Morgan fingerprint density at radius 2 is 0.783 bits per heavy atom. The molecule has 0 spiro atoms. The number of benzene rings is 9. The van der Waals surface area contributed by atoms with Crippen molar-refractivity contribution in [1.29, 1.82) is 0 Å². The van der Waals surface area contributed by atoms with Crippen LogP contribution in [0.15, 0.2) is 218 Å². The number of hydrogen-bond donors (Lipinski definition) is 0. The van der Waals surface area contributed by atoms with E-state index in [0.29, 0.717) is 0 Å². The van der Waals surface area contributed by atoms with Crippen molar-refractivity contribution >= 4 is 72.4 Å². The third-order valence-corrected chi connectivity index (χ3v) is 18.2. The van der Waals surface area contributed by atoms with Gasteiger partial charge in [-0.1, -0.05) is 178 Å². The van der Waals surface area contributed by atoms with Crippen molar-refractivity contribution < 1.29 is 0 Å². The second-order valence-electron chi connectivity index (χ2n) is 16.9. The van der Waals surface area contributed by atoms with Gasteiger partial charge in [-0.25, -0.2) is 0 Å². The lowest BCUT2D eigenvalue weighted by atomic mass is 9.82. The molecule has 0 bridgehead atoms. The summed E-state index contributed by atoms with van der Waals surface area (Å²) in [5.74, 6) is 0. The average Bonchev–Trinajstić information content (AvgIpc) is 3.90. The molecule has 60 heavy (non-hydrogen) atoms. The standard InChI is InChI=1S/C57H42N2Si/c1-57(2)51-27-15-12-24-45(51)49-37-50-47-26-14-17-29-54(47)59(56(50)38-52(49)57)40-30-32-43(33-31-40)60(41-20-8-4-9-21-41,42-22-10-5-11-23-42)44-34-35-48-46-25-13-16-28-53(46)58(55(48)36-44)39-18-6-3-7-19-39/h3-38H,1-2H3. The lowest BCUT2D eigenvalue weighted by Gasteiger charge is -2.34. The highest BCUT2D eigenvalue weighted by atomic mass is 28.3. The van der Waals surface area contributed by atoms with E-state index in [4.69, 9.17) is 0 Å². The van der Waals surface area contributed by atoms with Crippen molar-refractivity contribution in [3.05, 3.63) is 230 Å². The van der Waals surface area contributed by atoms with E-state index in [0.717, 1.165) is 0 Å². The molecule has 0 N–H and O–H groups in total. The van der Waals surface area contributed by atoms with E-state index in [1.54, 1.807) is 0 Å². The van der Waals surface area contributed by atoms with Crippen molar-refractivity contribution in [3.8, 4) is 22.5 Å². The maximum Gasteiger partial charge on any atom is 0.179 e. The van der Waals surface area contributed by atoms with Gasteiger partial charge in [0.25, 0.3) is 0 Å². The van der Waals surface area contributed by atoms with E-state index in [1.165, 1.54) is 98.0 Å². The Kier molecular flexibility index (Phi) is 7.63. The van der Waals surface area contributed by atoms with Gasteiger partial charge in [-0.2, -0.15) is 0 Å². The third-order valence-electron chi connectivity index (χ3n) is 13.5. The fourth-order valence-electron chi connectivity index (χ4n) is 10.7. The third kappa shape index (κ3) is 4.87. The number of rotatable bonds is 6. The molecule has 0 saturated carbocycles. The van der Waals surface area contributed by atoms with E-state index in [2.05, 4.69) is 241 Å². The summed E-state index contributed by atoms with van der Waals surface area (Å²) in [5.41, 5.74) is 12.7. The molecule has 0 amide bonds. The van der Waals surface area contributed by atoms with Crippen molar-refractivity contribution in [2.45, 2.75) is 19.3 Å². The molecule has 2 aromatic heterocycles. The molecule has 0 atom stereocenters. The molecule has 12 rings (SSSR count). The molecule has 0 aliphatic heterocycles. The second-order valence-corrected chi connectivity index (χ2v) is 20.7. The van der Waals surface area contributed by atoms with Crippen LogP contribution in [-0.2, 0) is 5.41 Å². The van der Waals surface area contributed by atoms with E-state index < -0.39 is 8.07 Å². The highest BCUT2D eigenvalue weighted by Crippen LogP contribution is 2.51. The number of hydrogen-bond acceptors (Lipinski definition) is 0. The molecule has 0 fully saturated rings. The molecule has 2 nitrogen and oxygen atoms in total. The van der Waals surface area contributed by atoms with Crippen molar-refractivity contribution in [2.24, 2.45) is 0 Å². The molecule has 11 aromatic rings. The fraction of sp³-hybridized carbons (Fsp3) is 0.0526. The van der Waals surface area contributed by atoms with Crippen LogP contribution >= 0.6 is 0 Å². The van der Waals surface area contributed by atoms with Crippen molar-refractivity contribution in [3.63, 3.8) is 0 Å². The molecule has 0 radical (unpaired) electrons. The molecule has 1 aliphatic rings. The molecular formula is C57H42N2Si. The molecule has 9 aromatic carbocycles. The Balaban J connectivity index is 1.11. The molecule has 0 saturated heterocycles. The maximum atomic E-state index is 2.51. The topological polar surface area (TPSA) is 9.86 Å². The number of para-hydroxylation sites is 3. The average molecular weight is 783 g/mol. The summed E-state index contributed by atoms with van der Waals surface area (Å²) >= 11 is 0. The van der Waals surface area contributed by atoms with Gasteiger partial charge in [0, 0.05) is 38.3 Å². The molecular weight excluding hydrogens is 741 g/mol. The van der Waals surface area contributed by atoms with Gasteiger partial charge >= 0.3 is 0 Å². The normalized spacial score (nSPS) is 13.3. The quantitative estimate of drug-likeness (QED) is 0.117. The molecule has 3 heteroatoms. The van der Waals surface area contributed by atoms with Crippen LogP contribution in [0.1, 0.15) is 25.0 Å². The fourth-order valence-corrected chi connectivity index (χ4v) is 15.5. The molecule has 2 heterocycles. The van der Waals surface area contributed by atoms with Gasteiger partial charge in [-0.3, -0.25) is 0 Å². The van der Waals surface area contributed by atoms with Crippen LogP contribution in [0.5, 0.6) is 0 Å². The number of fused-ring (bicyclic) bond motifs is 9. The Labute approximate surface area is 351 Å². The predicted molar refractivity (Wildman–Crippen MR) is 256 cm³/mol. The minimum atomic E-state index is -2.90. The minimum Gasteiger partial charge on any atom is -0.309 e. The van der Waals surface area contributed by atoms with Gasteiger partial charge in [0.1, 0.15) is 0 Å². The summed E-state index contributed by atoms with van der Waals surface area (Å²) in [4.78, 5) is 0. The second kappa shape index (κ2) is 13.2. The first kappa shape index (κ1) is 34.8. The Bertz CT molecular complexity index is 3390. The van der Waals surface area contributed by atoms with Crippen LogP contribution < -0.4 is 20.7 Å². The Morgan fingerprint density at radius 3 is 1.43 bits per heavy atom. The smallest absolute Gasteiger partial charge is 0.179 e. The van der Waals surface area contributed by atoms with Crippen molar-refractivity contribution in [1.82, 2.24) is 9.13 Å². The zero-order valence-electron chi connectivity index (χ0n) is 33.7. The van der Waals surface area contributed by atoms with E-state index in [9.17, 15) is 0 Å². The lowest BCUT2D eigenvalue weighted by Crippen LogP contribution is -2.74. The Morgan fingerprint density at radius 1 is 0.317 bits per heavy atom. The summed E-state index contributed by atoms with van der Waals surface area (Å²) in [7, 11) is -2.90. The van der Waals surface area contributed by atoms with Crippen LogP contribution in [0.2, 0.25) is 0 Å². The zero-order valence-corrected chi connectivity index (χ0v) is 34.7. The molecule has 1 aliphatic carbocycles. The first-order valence-electron chi connectivity index (χ1n) is 21.0. The van der Waals surface area contributed by atoms with Crippen LogP contribution in [-0.4, -0.2) is 17.2 Å². The highest BCUT2D eigenvalue weighted by Gasteiger charge is 2.42. The van der Waals surface area contributed by atoms with Crippen LogP contribution in [0, 0.1) is 0 Å². The van der Waals surface area contributed by atoms with Crippen LogP contribution in [0.25, 0.3) is 66.1 Å². The first-order chi connectivity index (χ1) is 29.5. The largest absolute Gasteiger partial charge is 0.309 e. The van der Waals surface area contributed by atoms with E-state index in [-0.39, 0.29) is 5.41 Å². The van der Waals surface area contributed by atoms with Crippen LogP contribution in [0.3, 0.4) is 0 Å². The predicted octanol–water partition coefficient (Wildman–Crippen LogP) is 11.6. The monoisotopic (exact) mass is 782 g/mol. The molecule has 284 valence electrons. The summed E-state index contributed by atoms with van der Waals surface area (Å²) < 4.78 is 4.94. The van der Waals surface area contributed by atoms with Gasteiger partial charge in [-0.15, -0.1) is 0 Å². The van der Waals surface area contributed by atoms with Crippen molar-refractivity contribution in [2.75, 3.05) is 0 Å². The van der Waals surface area contributed by atoms with Gasteiger partial charge in [0.2, 0.25) is 0 Å². The highest BCUT2D eigenvalue weighted by molar-refractivity contribution is 7.20. The van der Waals surface area contributed by atoms with E-state index >= 15 is 0 Å². The SMILES string of the molecule is CC1(C)c2ccccc2-c2cc3c4ccccc4n(-c4ccc([Si](c5ccccc5)(c5ccccc5)c5ccc6c7ccccc7n(-c7ccccc7)c6c5)cc4)c3cc21. The lowest BCUT2D eigenvalue weighted by molar-refractivity contribution is 0.661. The summed E-state index contributed by atoms with van der Waals surface area (Å²) in [6, 6.07) is 82.0. The Hall–Kier alpha value is -7.20. The summed E-state index contributed by atoms with van der Waals surface area (Å²) in [6.07, 6.45) is 0. The summed E-state index contributed by atoms with van der Waals surface area (Å²) in [6.45, 7) is 4.75. The summed E-state index contributed by atoms with van der Waals surface area (Å²) in [5, 5.41) is 10.5. The van der Waals surface area contributed by atoms with E-state index in [1.807, 2.05) is 0 Å². The van der Waals surface area contributed by atoms with Crippen LogP contribution in [0.4, 0.5) is 0 Å². The van der Waals surface area contributed by atoms with Gasteiger partial charge in [0.05, 0.1) is 22.1 Å². The molecule has 0 unspecified atom stereocenters. The van der Waals surface area contributed by atoms with Gasteiger partial charge in [0.15, 0.2) is 8.07 Å². The van der Waals surface area contributed by atoms with Gasteiger partial charge in [-0.05, 0) is 97.6 Å². The van der Waals surface area contributed by atoms with Gasteiger partial charge < -0.3 is 9.13 Å². The minimum absolute atomic E-state index is 0.0881. The number of nitrogens with zero attached hydrogens (tertiary/aromatic N) is 2.